The van der Waals surface area contributed by atoms with Crippen molar-refractivity contribution >= 4 is 0 Å². The average molecular weight is 200 g/mol. The first-order chi connectivity index (χ1) is 6.72. The summed E-state index contributed by atoms with van der Waals surface area (Å²) in [5.74, 6) is 1.68. The summed E-state index contributed by atoms with van der Waals surface area (Å²) in [5.41, 5.74) is 11.0. The van der Waals surface area contributed by atoms with Crippen LogP contribution in [0.15, 0.2) is 0 Å². The molecule has 0 amide bonds. The molecule has 0 bridgehead atoms. The highest BCUT2D eigenvalue weighted by Gasteiger charge is 2.10. The fraction of sp³-hybridized carbons (Fsp3) is 1.00. The van der Waals surface area contributed by atoms with E-state index in [9.17, 15) is 0 Å². The second kappa shape index (κ2) is 9.47. The Morgan fingerprint density at radius 1 is 0.714 bits per heavy atom. The van der Waals surface area contributed by atoms with Crippen molar-refractivity contribution in [2.75, 3.05) is 13.1 Å². The monoisotopic (exact) mass is 200 g/mol. The van der Waals surface area contributed by atoms with Crippen LogP contribution in [0.1, 0.15) is 52.4 Å². The van der Waals surface area contributed by atoms with E-state index in [-0.39, 0.29) is 0 Å². The molecule has 2 heteroatoms. The van der Waals surface area contributed by atoms with E-state index < -0.39 is 0 Å². The van der Waals surface area contributed by atoms with E-state index in [0.29, 0.717) is 0 Å². The lowest BCUT2D eigenvalue weighted by Crippen LogP contribution is -2.10. The minimum Gasteiger partial charge on any atom is -0.330 e. The van der Waals surface area contributed by atoms with Gasteiger partial charge in [-0.1, -0.05) is 33.1 Å². The molecule has 0 aromatic rings. The van der Waals surface area contributed by atoms with Crippen molar-refractivity contribution in [1.29, 1.82) is 0 Å². The fourth-order valence-corrected chi connectivity index (χ4v) is 1.80. The summed E-state index contributed by atoms with van der Waals surface area (Å²) in [4.78, 5) is 0. The van der Waals surface area contributed by atoms with Gasteiger partial charge in [0, 0.05) is 0 Å². The highest BCUT2D eigenvalue weighted by molar-refractivity contribution is 4.62. The van der Waals surface area contributed by atoms with E-state index in [1.807, 2.05) is 0 Å². The third kappa shape index (κ3) is 7.34. The maximum absolute atomic E-state index is 5.50. The fourth-order valence-electron chi connectivity index (χ4n) is 1.80. The molecule has 2 atom stereocenters. The van der Waals surface area contributed by atoms with Crippen LogP contribution in [0.5, 0.6) is 0 Å². The van der Waals surface area contributed by atoms with E-state index in [0.717, 1.165) is 24.9 Å². The molecule has 0 aliphatic rings. The second-order valence-corrected chi connectivity index (χ2v) is 4.52. The molecule has 0 aromatic heterocycles. The van der Waals surface area contributed by atoms with Crippen LogP contribution < -0.4 is 11.5 Å². The lowest BCUT2D eigenvalue weighted by atomic mass is 9.87. The van der Waals surface area contributed by atoms with Crippen LogP contribution in [0.4, 0.5) is 0 Å². The molecule has 0 aliphatic heterocycles. The zero-order chi connectivity index (χ0) is 10.8. The normalized spacial score (nSPS) is 15.4. The zero-order valence-electron chi connectivity index (χ0n) is 9.97. The Kier molecular flexibility index (Phi) is 9.42. The number of hydrogen-bond donors (Lipinski definition) is 2. The van der Waals surface area contributed by atoms with E-state index >= 15 is 0 Å². The molecule has 2 nitrogen and oxygen atoms in total. The smallest absolute Gasteiger partial charge is 0.00772 e. The van der Waals surface area contributed by atoms with Crippen molar-refractivity contribution in [1.82, 2.24) is 0 Å². The number of hydrogen-bond acceptors (Lipinski definition) is 2. The van der Waals surface area contributed by atoms with Crippen molar-refractivity contribution in [2.45, 2.75) is 52.4 Å². The van der Waals surface area contributed by atoms with Gasteiger partial charge in [0.05, 0.1) is 0 Å². The molecule has 0 aliphatic carbocycles. The summed E-state index contributed by atoms with van der Waals surface area (Å²) >= 11 is 0. The molecule has 0 saturated carbocycles. The second-order valence-electron chi connectivity index (χ2n) is 4.52. The van der Waals surface area contributed by atoms with Gasteiger partial charge in [-0.3, -0.25) is 0 Å². The van der Waals surface area contributed by atoms with Gasteiger partial charge in [-0.2, -0.15) is 0 Å². The first kappa shape index (κ1) is 13.9. The van der Waals surface area contributed by atoms with Crippen LogP contribution in [-0.2, 0) is 0 Å². The first-order valence-corrected chi connectivity index (χ1v) is 6.12. The molecule has 0 aromatic carbocycles. The predicted molar refractivity (Wildman–Crippen MR) is 64.1 cm³/mol. The maximum Gasteiger partial charge on any atom is -0.00772 e. The Labute approximate surface area is 89.4 Å². The van der Waals surface area contributed by atoms with Crippen LogP contribution in [-0.4, -0.2) is 13.1 Å². The third-order valence-corrected chi connectivity index (χ3v) is 3.20. The Bertz CT molecular complexity index is 115. The highest BCUT2D eigenvalue weighted by atomic mass is 14.5. The predicted octanol–water partition coefficient (Wildman–Crippen LogP) is 2.52. The molecule has 2 unspecified atom stereocenters. The van der Waals surface area contributed by atoms with Gasteiger partial charge in [0.25, 0.3) is 0 Å². The zero-order valence-corrected chi connectivity index (χ0v) is 9.97. The van der Waals surface area contributed by atoms with Gasteiger partial charge in [-0.25, -0.2) is 0 Å². The summed E-state index contributed by atoms with van der Waals surface area (Å²) in [6.07, 6.45) is 7.63. The van der Waals surface area contributed by atoms with Crippen LogP contribution in [0.3, 0.4) is 0 Å². The summed E-state index contributed by atoms with van der Waals surface area (Å²) < 4.78 is 0. The third-order valence-electron chi connectivity index (χ3n) is 3.20. The van der Waals surface area contributed by atoms with Gasteiger partial charge >= 0.3 is 0 Å². The first-order valence-electron chi connectivity index (χ1n) is 6.12. The average Bonchev–Trinajstić information content (AvgIpc) is 2.20. The molecule has 0 saturated heterocycles. The van der Waals surface area contributed by atoms with Crippen LogP contribution in [0, 0.1) is 11.8 Å². The van der Waals surface area contributed by atoms with Gasteiger partial charge < -0.3 is 11.5 Å². The molecular formula is C12H28N2. The van der Waals surface area contributed by atoms with Crippen LogP contribution in [0.25, 0.3) is 0 Å². The van der Waals surface area contributed by atoms with Crippen molar-refractivity contribution in [3.8, 4) is 0 Å². The molecule has 0 fully saturated rings. The van der Waals surface area contributed by atoms with Gasteiger partial charge in [0.1, 0.15) is 0 Å². The Morgan fingerprint density at radius 2 is 1.21 bits per heavy atom. The quantitative estimate of drug-likeness (QED) is 0.562. The molecule has 86 valence electrons. The SMILES string of the molecule is CC(CCCN)C(C)CCCCCN. The molecule has 0 heterocycles. The number of unbranched alkanes of at least 4 members (excludes halogenated alkanes) is 2. The minimum absolute atomic E-state index is 0.830. The minimum atomic E-state index is 0.830. The Morgan fingerprint density at radius 3 is 1.71 bits per heavy atom. The lowest BCUT2D eigenvalue weighted by Gasteiger charge is -2.19. The van der Waals surface area contributed by atoms with Crippen molar-refractivity contribution in [3.05, 3.63) is 0 Å². The molecule has 4 N–H and O–H groups in total. The summed E-state index contributed by atoms with van der Waals surface area (Å²) in [6.45, 7) is 6.40. The number of nitrogens with two attached hydrogens (primary N) is 2. The molecular weight excluding hydrogens is 172 g/mol. The van der Waals surface area contributed by atoms with Gasteiger partial charge in [-0.05, 0) is 44.2 Å². The topological polar surface area (TPSA) is 52.0 Å². The summed E-state index contributed by atoms with van der Waals surface area (Å²) in [5, 5.41) is 0. The molecule has 0 spiro atoms. The van der Waals surface area contributed by atoms with Gasteiger partial charge in [-0.15, -0.1) is 0 Å². The van der Waals surface area contributed by atoms with Gasteiger partial charge in [0.15, 0.2) is 0 Å². The van der Waals surface area contributed by atoms with E-state index in [1.54, 1.807) is 0 Å². The van der Waals surface area contributed by atoms with E-state index in [2.05, 4.69) is 13.8 Å². The Balaban J connectivity index is 3.36. The van der Waals surface area contributed by atoms with E-state index in [4.69, 9.17) is 11.5 Å². The molecule has 14 heavy (non-hydrogen) atoms. The summed E-state index contributed by atoms with van der Waals surface area (Å²) in [6, 6.07) is 0. The standard InChI is InChI=1S/C12H28N2/c1-11(7-4-3-5-9-13)12(2)8-6-10-14/h11-12H,3-10,13-14H2,1-2H3. The largest absolute Gasteiger partial charge is 0.330 e. The maximum atomic E-state index is 5.50. The molecule has 0 rings (SSSR count). The Hall–Kier alpha value is -0.0800. The summed E-state index contributed by atoms with van der Waals surface area (Å²) in [7, 11) is 0. The lowest BCUT2D eigenvalue weighted by molar-refractivity contribution is 0.328. The van der Waals surface area contributed by atoms with Crippen molar-refractivity contribution < 1.29 is 0 Å². The van der Waals surface area contributed by atoms with Crippen molar-refractivity contribution in [2.24, 2.45) is 23.3 Å². The van der Waals surface area contributed by atoms with Crippen molar-refractivity contribution in [3.63, 3.8) is 0 Å². The number of rotatable bonds is 9. The van der Waals surface area contributed by atoms with E-state index in [1.165, 1.54) is 38.5 Å². The van der Waals surface area contributed by atoms with Crippen LogP contribution in [0.2, 0.25) is 0 Å². The highest BCUT2D eigenvalue weighted by Crippen LogP contribution is 2.22. The van der Waals surface area contributed by atoms with Crippen LogP contribution >= 0.6 is 0 Å². The van der Waals surface area contributed by atoms with Gasteiger partial charge in [0.2, 0.25) is 0 Å². The molecule has 0 radical (unpaired) electrons.